The van der Waals surface area contributed by atoms with E-state index in [0.717, 1.165) is 68.0 Å². The number of aliphatic hydroxyl groups is 1. The van der Waals surface area contributed by atoms with Crippen LogP contribution in [0.15, 0.2) is 18.2 Å². The SMILES string of the molecule is CCc1c(C)c2cc3[nH]c(cc4nc(c(C)c5nc(cc1[nH]2)C(C)C5C)[C@@H](CCC(=O)OC)[C@@H]4C)c(C)c3CO. The molecule has 0 amide bonds. The van der Waals surface area contributed by atoms with Crippen LogP contribution in [0.4, 0.5) is 0 Å². The number of hydrogen-bond acceptors (Lipinski definition) is 5. The Balaban J connectivity index is 1.90. The minimum atomic E-state index is -0.203. The summed E-state index contributed by atoms with van der Waals surface area (Å²) in [5.74, 6) is 0.505. The molecule has 0 aliphatic carbocycles. The van der Waals surface area contributed by atoms with Gasteiger partial charge in [-0.05, 0) is 74.1 Å². The maximum atomic E-state index is 12.1. The molecule has 2 aliphatic rings. The van der Waals surface area contributed by atoms with Crippen LogP contribution in [0.1, 0.15) is 115 Å². The monoisotopic (exact) mass is 542 g/mol. The first-order valence-corrected chi connectivity index (χ1v) is 14.5. The molecule has 212 valence electrons. The number of aromatic amines is 2. The Kier molecular flexibility index (Phi) is 7.62. The Morgan fingerprint density at radius 2 is 1.40 bits per heavy atom. The average Bonchev–Trinajstić information content (AvgIpc) is 3.60. The van der Waals surface area contributed by atoms with Crippen LogP contribution < -0.4 is 0 Å². The van der Waals surface area contributed by atoms with Crippen molar-refractivity contribution in [1.82, 2.24) is 19.9 Å². The van der Waals surface area contributed by atoms with E-state index in [4.69, 9.17) is 14.7 Å². The molecule has 3 aromatic rings. The molecule has 2 unspecified atom stereocenters. The van der Waals surface area contributed by atoms with Crippen LogP contribution in [-0.2, 0) is 22.6 Å². The van der Waals surface area contributed by atoms with Crippen molar-refractivity contribution in [3.05, 3.63) is 68.8 Å². The summed E-state index contributed by atoms with van der Waals surface area (Å²) >= 11 is 0. The van der Waals surface area contributed by atoms with Gasteiger partial charge in [-0.15, -0.1) is 0 Å². The van der Waals surface area contributed by atoms with Gasteiger partial charge >= 0.3 is 5.97 Å². The highest BCUT2D eigenvalue weighted by Crippen LogP contribution is 2.44. The topological polar surface area (TPSA) is 104 Å². The number of methoxy groups -OCH3 is 1. The van der Waals surface area contributed by atoms with E-state index in [1.54, 1.807) is 0 Å². The van der Waals surface area contributed by atoms with Crippen molar-refractivity contribution in [3.63, 3.8) is 0 Å². The number of nitrogens with one attached hydrogen (secondary N) is 2. The molecule has 4 atom stereocenters. The first kappa shape index (κ1) is 28.1. The Labute approximate surface area is 236 Å². The van der Waals surface area contributed by atoms with Crippen molar-refractivity contribution >= 4 is 28.0 Å². The minimum Gasteiger partial charge on any atom is -0.469 e. The van der Waals surface area contributed by atoms with Crippen molar-refractivity contribution in [2.45, 2.75) is 98.0 Å². The van der Waals surface area contributed by atoms with E-state index in [1.165, 1.54) is 18.2 Å². The number of rotatable bonds is 5. The number of nitrogens with zero attached hydrogens (tertiary/aromatic N) is 2. The van der Waals surface area contributed by atoms with E-state index in [1.807, 2.05) is 6.92 Å². The highest BCUT2D eigenvalue weighted by atomic mass is 16.5. The summed E-state index contributed by atoms with van der Waals surface area (Å²) in [7, 11) is 1.44. The fourth-order valence-corrected chi connectivity index (χ4v) is 6.60. The van der Waals surface area contributed by atoms with Gasteiger partial charge in [0, 0.05) is 80.5 Å². The number of aromatic nitrogens is 4. The summed E-state index contributed by atoms with van der Waals surface area (Å²) in [6, 6.07) is 6.45. The molecule has 2 aliphatic heterocycles. The minimum absolute atomic E-state index is 0.0556. The summed E-state index contributed by atoms with van der Waals surface area (Å²) in [5.41, 5.74) is 13.6. The molecule has 0 saturated heterocycles. The molecule has 7 nitrogen and oxygen atoms in total. The lowest BCUT2D eigenvalue weighted by Gasteiger charge is -2.18. The Morgan fingerprint density at radius 3 is 2.05 bits per heavy atom. The molecule has 3 N–H and O–H groups in total. The lowest BCUT2D eigenvalue weighted by atomic mass is 9.84. The van der Waals surface area contributed by atoms with E-state index in [2.05, 4.69) is 69.7 Å². The number of aliphatic hydroxyl groups excluding tert-OH is 1. The lowest BCUT2D eigenvalue weighted by Crippen LogP contribution is -2.09. The molecule has 0 fully saturated rings. The molecule has 0 saturated carbocycles. The van der Waals surface area contributed by atoms with Gasteiger partial charge in [-0.3, -0.25) is 14.8 Å². The molecule has 40 heavy (non-hydrogen) atoms. The third kappa shape index (κ3) is 4.64. The van der Waals surface area contributed by atoms with E-state index >= 15 is 0 Å². The molecule has 5 rings (SSSR count). The standard InChI is InChI=1S/C33H42N4O3/c1-9-22-18(4)27-14-30-24(15-38)20(6)26(35-30)12-28-19(5)23(10-11-31(39)40-8)33(37-28)21(7)32-17(3)16(2)25(36-32)13-29(22)34-27/h12-14,16-17,19,23,34-35,38H,9-11,15H2,1-8H3/t16?,17?,19-,23-/m0/s1. The van der Waals surface area contributed by atoms with Crippen LogP contribution in [0.5, 0.6) is 0 Å². The number of fused-ring (bicyclic) bond motifs is 8. The molecular formula is C33H42N4O3. The van der Waals surface area contributed by atoms with Gasteiger partial charge in [0.05, 0.1) is 13.7 Å². The third-order valence-corrected chi connectivity index (χ3v) is 9.51. The van der Waals surface area contributed by atoms with Gasteiger partial charge in [0.2, 0.25) is 0 Å². The highest BCUT2D eigenvalue weighted by molar-refractivity contribution is 5.78. The van der Waals surface area contributed by atoms with Gasteiger partial charge in [-0.25, -0.2) is 0 Å². The van der Waals surface area contributed by atoms with Gasteiger partial charge in [0.1, 0.15) is 0 Å². The van der Waals surface area contributed by atoms with Crippen LogP contribution >= 0.6 is 0 Å². The number of esters is 1. The zero-order valence-corrected chi connectivity index (χ0v) is 25.0. The van der Waals surface area contributed by atoms with Crippen LogP contribution in [-0.4, -0.2) is 38.1 Å². The van der Waals surface area contributed by atoms with Crippen molar-refractivity contribution in [3.8, 4) is 0 Å². The highest BCUT2D eigenvalue weighted by Gasteiger charge is 2.34. The fourth-order valence-electron chi connectivity index (χ4n) is 6.60. The first-order valence-electron chi connectivity index (χ1n) is 14.5. The van der Waals surface area contributed by atoms with E-state index < -0.39 is 0 Å². The third-order valence-electron chi connectivity index (χ3n) is 9.51. The van der Waals surface area contributed by atoms with Crippen molar-refractivity contribution in [1.29, 1.82) is 0 Å². The molecule has 0 radical (unpaired) electrons. The fraction of sp³-hybridized carbons (Fsp3) is 0.485. The summed E-state index contributed by atoms with van der Waals surface area (Å²) in [6.45, 7) is 15.2. The number of carbonyl (C=O) groups is 1. The van der Waals surface area contributed by atoms with E-state index in [9.17, 15) is 9.90 Å². The Bertz CT molecular complexity index is 1630. The molecule has 8 bridgehead atoms. The van der Waals surface area contributed by atoms with Gasteiger partial charge in [0.25, 0.3) is 0 Å². The zero-order valence-electron chi connectivity index (χ0n) is 25.0. The quantitative estimate of drug-likeness (QED) is 0.300. The van der Waals surface area contributed by atoms with E-state index in [0.29, 0.717) is 12.8 Å². The Hall–Kier alpha value is -3.45. The maximum absolute atomic E-state index is 12.1. The molecule has 0 aromatic carbocycles. The van der Waals surface area contributed by atoms with Gasteiger partial charge < -0.3 is 19.8 Å². The summed E-state index contributed by atoms with van der Waals surface area (Å²) in [6.07, 6.45) is 1.92. The summed E-state index contributed by atoms with van der Waals surface area (Å²) < 4.78 is 4.97. The van der Waals surface area contributed by atoms with Crippen LogP contribution in [0, 0.1) is 20.8 Å². The van der Waals surface area contributed by atoms with Gasteiger partial charge in [0.15, 0.2) is 0 Å². The lowest BCUT2D eigenvalue weighted by molar-refractivity contribution is -0.140. The van der Waals surface area contributed by atoms with Gasteiger partial charge in [-0.1, -0.05) is 27.7 Å². The number of hydrogen-bond donors (Lipinski definition) is 3. The smallest absolute Gasteiger partial charge is 0.305 e. The number of ether oxygens (including phenoxy) is 1. The van der Waals surface area contributed by atoms with Crippen LogP contribution in [0.3, 0.4) is 0 Å². The summed E-state index contributed by atoms with van der Waals surface area (Å²) in [4.78, 5) is 29.8. The maximum Gasteiger partial charge on any atom is 0.305 e. The number of H-pyrrole nitrogens is 2. The van der Waals surface area contributed by atoms with Crippen LogP contribution in [0.2, 0.25) is 0 Å². The molecule has 0 spiro atoms. The molecule has 7 heteroatoms. The zero-order chi connectivity index (χ0) is 28.9. The predicted octanol–water partition coefficient (Wildman–Crippen LogP) is 7.04. The first-order chi connectivity index (χ1) is 19.1. The second-order valence-electron chi connectivity index (χ2n) is 11.6. The second-order valence-corrected chi connectivity index (χ2v) is 11.6. The predicted molar refractivity (Wildman–Crippen MR) is 160 cm³/mol. The Morgan fingerprint density at radius 1 is 0.825 bits per heavy atom. The van der Waals surface area contributed by atoms with E-state index in [-0.39, 0.29) is 36.2 Å². The number of aryl methyl sites for hydroxylation is 3. The van der Waals surface area contributed by atoms with Crippen molar-refractivity contribution in [2.75, 3.05) is 7.11 Å². The number of carbonyl (C=O) groups excluding carboxylic acids is 1. The summed E-state index contributed by atoms with van der Waals surface area (Å²) in [5, 5.41) is 10.3. The molecule has 5 heterocycles. The molecule has 3 aromatic heterocycles. The van der Waals surface area contributed by atoms with Crippen LogP contribution in [0.25, 0.3) is 22.1 Å². The average molecular weight is 543 g/mol. The van der Waals surface area contributed by atoms with Gasteiger partial charge in [-0.2, -0.15) is 0 Å². The van der Waals surface area contributed by atoms with Crippen molar-refractivity contribution < 1.29 is 14.6 Å². The van der Waals surface area contributed by atoms with Crippen molar-refractivity contribution in [2.24, 2.45) is 0 Å². The second kappa shape index (κ2) is 10.8. The molecular weight excluding hydrogens is 500 g/mol. The normalized spacial score (nSPS) is 20.6. The largest absolute Gasteiger partial charge is 0.469 e.